The number of nitrogens with zero attached hydrogens (tertiary/aromatic N) is 1. The summed E-state index contributed by atoms with van der Waals surface area (Å²) in [5, 5.41) is 10.8. The van der Waals surface area contributed by atoms with Gasteiger partial charge in [0.1, 0.15) is 12.6 Å². The molecule has 7 unspecified atom stereocenters. The maximum atomic E-state index is 14.0. The lowest BCUT2D eigenvalue weighted by Gasteiger charge is -2.43. The molecule has 0 spiro atoms. The number of aromatic amines is 1. The number of H-pyrrole nitrogens is 1. The van der Waals surface area contributed by atoms with Gasteiger partial charge in [0.2, 0.25) is 11.8 Å². The Labute approximate surface area is 269 Å². The second-order valence-corrected chi connectivity index (χ2v) is 15.3. The number of thiazole rings is 1. The van der Waals surface area contributed by atoms with Crippen LogP contribution in [0.3, 0.4) is 0 Å². The summed E-state index contributed by atoms with van der Waals surface area (Å²) in [6.45, 7) is 6.23. The molecule has 45 heavy (non-hydrogen) atoms. The van der Waals surface area contributed by atoms with Crippen molar-refractivity contribution in [1.82, 2.24) is 9.88 Å². The van der Waals surface area contributed by atoms with Crippen LogP contribution in [-0.2, 0) is 21.0 Å². The van der Waals surface area contributed by atoms with Crippen LogP contribution in [0.15, 0.2) is 52.3 Å². The van der Waals surface area contributed by atoms with Crippen LogP contribution < -0.4 is 14.3 Å². The van der Waals surface area contributed by atoms with Crippen LogP contribution in [0, 0.1) is 42.4 Å². The fourth-order valence-corrected chi connectivity index (χ4v) is 11.3. The highest BCUT2D eigenvalue weighted by molar-refractivity contribution is 8.00. The van der Waals surface area contributed by atoms with Gasteiger partial charge in [0.25, 0.3) is 0 Å². The number of amides is 2. The number of benzene rings is 2. The van der Waals surface area contributed by atoms with E-state index in [0.717, 1.165) is 37.9 Å². The van der Waals surface area contributed by atoms with Crippen LogP contribution >= 0.6 is 23.1 Å². The molecular formula is C34H36N2O7S2. The predicted octanol–water partition coefficient (Wildman–Crippen LogP) is 5.31. The Bertz CT molecular complexity index is 1750. The van der Waals surface area contributed by atoms with E-state index in [0.29, 0.717) is 18.1 Å². The molecule has 2 amide bonds. The molecule has 9 nitrogen and oxygen atoms in total. The Kier molecular flexibility index (Phi) is 7.59. The summed E-state index contributed by atoms with van der Waals surface area (Å²) in [6, 6.07) is 12.8. The van der Waals surface area contributed by atoms with Crippen molar-refractivity contribution in [3.05, 3.63) is 73.7 Å². The van der Waals surface area contributed by atoms with Crippen LogP contribution in [0.25, 0.3) is 0 Å². The summed E-state index contributed by atoms with van der Waals surface area (Å²) >= 11 is 2.80. The van der Waals surface area contributed by atoms with Crippen molar-refractivity contribution in [2.45, 2.75) is 62.5 Å². The number of hydrogen-bond acceptors (Lipinski definition) is 8. The Morgan fingerprint density at radius 3 is 2.49 bits per heavy atom. The van der Waals surface area contributed by atoms with Crippen LogP contribution in [0.4, 0.5) is 0 Å². The van der Waals surface area contributed by atoms with E-state index in [4.69, 9.17) is 9.47 Å². The molecular weight excluding hydrogens is 613 g/mol. The van der Waals surface area contributed by atoms with Gasteiger partial charge in [0, 0.05) is 16.0 Å². The van der Waals surface area contributed by atoms with Crippen molar-refractivity contribution < 1.29 is 29.0 Å². The predicted molar refractivity (Wildman–Crippen MR) is 170 cm³/mol. The zero-order chi connectivity index (χ0) is 31.7. The van der Waals surface area contributed by atoms with Gasteiger partial charge in [-0.3, -0.25) is 19.3 Å². The number of ether oxygens (including phenoxy) is 2. The molecule has 0 radical (unpaired) electrons. The lowest BCUT2D eigenvalue weighted by atomic mass is 9.68. The van der Waals surface area contributed by atoms with Crippen LogP contribution in [0.1, 0.15) is 54.2 Å². The molecule has 3 fully saturated rings. The fraction of sp³-hybridized carbons (Fsp3) is 0.471. The second kappa shape index (κ2) is 11.3. The number of aliphatic carboxylic acids is 1. The molecule has 1 aromatic heterocycles. The first kappa shape index (κ1) is 30.1. The number of carboxylic acids is 1. The molecule has 2 N–H and O–H groups in total. The van der Waals surface area contributed by atoms with Crippen molar-refractivity contribution in [3.63, 3.8) is 0 Å². The van der Waals surface area contributed by atoms with Gasteiger partial charge in [-0.1, -0.05) is 55.5 Å². The molecule has 7 rings (SSSR count). The number of carboxylic acid groups (broad SMARTS) is 1. The monoisotopic (exact) mass is 648 g/mol. The van der Waals surface area contributed by atoms with Crippen molar-refractivity contribution in [2.24, 2.45) is 35.5 Å². The van der Waals surface area contributed by atoms with Crippen molar-refractivity contribution in [2.75, 3.05) is 7.11 Å². The van der Waals surface area contributed by atoms with Crippen LogP contribution in [-0.4, -0.2) is 51.2 Å². The number of imide groups is 1. The largest absolute Gasteiger partial charge is 0.493 e. The van der Waals surface area contributed by atoms with E-state index in [1.165, 1.54) is 11.3 Å². The molecule has 2 aliphatic carbocycles. The smallest absolute Gasteiger partial charge is 0.326 e. The first-order valence-electron chi connectivity index (χ1n) is 15.4. The first-order chi connectivity index (χ1) is 21.6. The molecule has 1 saturated heterocycles. The normalized spacial score (nSPS) is 28.6. The van der Waals surface area contributed by atoms with E-state index in [-0.39, 0.29) is 57.9 Å². The summed E-state index contributed by atoms with van der Waals surface area (Å²) in [5.74, 6) is -2.08. The van der Waals surface area contributed by atoms with Gasteiger partial charge in [0.15, 0.2) is 11.5 Å². The number of fused-ring (bicyclic) bond motifs is 9. The molecule has 11 heteroatoms. The van der Waals surface area contributed by atoms with Crippen molar-refractivity contribution in [3.8, 4) is 11.5 Å². The quantitative estimate of drug-likeness (QED) is 0.299. The molecule has 236 valence electrons. The molecule has 3 heterocycles. The average molecular weight is 649 g/mol. The number of aryl methyl sites for hydroxylation is 1. The molecule has 2 saturated carbocycles. The summed E-state index contributed by atoms with van der Waals surface area (Å²) in [7, 11) is 1.61. The molecule has 2 aromatic carbocycles. The van der Waals surface area contributed by atoms with E-state index in [9.17, 15) is 24.3 Å². The van der Waals surface area contributed by atoms with Crippen LogP contribution in [0.5, 0.6) is 11.5 Å². The Hall–Kier alpha value is -3.57. The van der Waals surface area contributed by atoms with E-state index in [2.05, 4.69) is 4.98 Å². The van der Waals surface area contributed by atoms with Gasteiger partial charge < -0.3 is 19.6 Å². The lowest BCUT2D eigenvalue weighted by Crippen LogP contribution is -2.47. The first-order valence-corrected chi connectivity index (χ1v) is 17.1. The second-order valence-electron chi connectivity index (χ2n) is 13.1. The lowest BCUT2D eigenvalue weighted by molar-refractivity contribution is -0.156. The van der Waals surface area contributed by atoms with E-state index < -0.39 is 23.8 Å². The van der Waals surface area contributed by atoms with Crippen molar-refractivity contribution >= 4 is 40.9 Å². The Morgan fingerprint density at radius 1 is 1.07 bits per heavy atom. The van der Waals surface area contributed by atoms with E-state index >= 15 is 0 Å². The SMILES string of the molecule is COc1cc([C@H]2c3sc(=O)[nH]c3SC3C4CC(C5C(=O)N(C(CC(C)C)C(=O)O)C(=O)C45)C32)ccc1OCc1ccccc1C. The number of likely N-dealkylation sites (tertiary alicyclic amines) is 1. The number of rotatable bonds is 9. The highest BCUT2D eigenvalue weighted by atomic mass is 32.2. The van der Waals surface area contributed by atoms with Gasteiger partial charge in [-0.05, 0) is 72.3 Å². The van der Waals surface area contributed by atoms with Gasteiger partial charge >= 0.3 is 10.8 Å². The maximum absolute atomic E-state index is 14.0. The number of carbonyl (C=O) groups excluding carboxylic acids is 2. The van der Waals surface area contributed by atoms with Gasteiger partial charge in [-0.25, -0.2) is 4.79 Å². The Morgan fingerprint density at radius 2 is 1.80 bits per heavy atom. The maximum Gasteiger partial charge on any atom is 0.326 e. The highest BCUT2D eigenvalue weighted by Gasteiger charge is 2.70. The molecule has 4 aliphatic rings. The van der Waals surface area contributed by atoms with Crippen molar-refractivity contribution in [1.29, 1.82) is 0 Å². The van der Waals surface area contributed by atoms with Gasteiger partial charge in [-0.15, -0.1) is 11.8 Å². The molecule has 8 atom stereocenters. The topological polar surface area (TPSA) is 126 Å². The fourth-order valence-electron chi connectivity index (χ4n) is 8.41. The highest BCUT2D eigenvalue weighted by Crippen LogP contribution is 2.68. The third-order valence-corrected chi connectivity index (χ3v) is 12.8. The summed E-state index contributed by atoms with van der Waals surface area (Å²) in [4.78, 5) is 57.7. The number of thioether (sulfide) groups is 1. The third-order valence-electron chi connectivity index (χ3n) is 10.2. The summed E-state index contributed by atoms with van der Waals surface area (Å²) in [5.41, 5.74) is 3.18. The standard InChI is InChI=1S/C34H36N2O7S2/c1-15(2)11-21(33(39)40)36-31(37)26-19-13-20(27(26)32(36)38)28-25(19)24(29-30(44-28)35-34(41)45-29)17-9-10-22(23(12-17)42-4)43-14-18-8-6-5-7-16(18)3/h5-10,12,15,19-21,24-28H,11,13-14H2,1-4H3,(H,35,41)(H,39,40)/t19?,20?,21?,24-,25?,26?,27?,28?/m1/s1. The number of nitrogens with one attached hydrogen (secondary N) is 1. The Balaban J connectivity index is 1.24. The number of methoxy groups -OCH3 is 1. The van der Waals surface area contributed by atoms with E-state index in [1.807, 2.05) is 63.2 Å². The minimum Gasteiger partial charge on any atom is -0.493 e. The third kappa shape index (κ3) is 4.81. The van der Waals surface area contributed by atoms with Gasteiger partial charge in [-0.2, -0.15) is 0 Å². The molecule has 3 aromatic rings. The van der Waals surface area contributed by atoms with Gasteiger partial charge in [0.05, 0.1) is 24.0 Å². The molecule has 2 aliphatic heterocycles. The number of hydrogen-bond donors (Lipinski definition) is 2. The number of aromatic nitrogens is 1. The molecule has 2 bridgehead atoms. The average Bonchev–Trinajstić information content (AvgIpc) is 3.74. The minimum absolute atomic E-state index is 0.00582. The zero-order valence-electron chi connectivity index (χ0n) is 25.5. The summed E-state index contributed by atoms with van der Waals surface area (Å²) in [6.07, 6.45) is 0.956. The minimum atomic E-state index is -1.16. The summed E-state index contributed by atoms with van der Waals surface area (Å²) < 4.78 is 12.0. The van der Waals surface area contributed by atoms with E-state index in [1.54, 1.807) is 18.9 Å². The van der Waals surface area contributed by atoms with Crippen LogP contribution in [0.2, 0.25) is 0 Å². The zero-order valence-corrected chi connectivity index (χ0v) is 27.2. The number of carbonyl (C=O) groups is 3.